The van der Waals surface area contributed by atoms with Crippen LogP contribution in [0.4, 0.5) is 74.6 Å². The van der Waals surface area contributed by atoms with Crippen molar-refractivity contribution in [3.05, 3.63) is 0 Å². The third-order valence-corrected chi connectivity index (χ3v) is 2.96. The highest BCUT2D eigenvalue weighted by Gasteiger charge is 2.96. The van der Waals surface area contributed by atoms with Crippen molar-refractivity contribution in [2.45, 2.75) is 48.1 Å². The largest absolute Gasteiger partial charge is 0.460 e. The maximum Gasteiger partial charge on any atom is 0.460 e. The first-order valence-corrected chi connectivity index (χ1v) is 5.55. The van der Waals surface area contributed by atoms with Gasteiger partial charge in [-0.25, -0.2) is 4.84 Å². The van der Waals surface area contributed by atoms with Crippen LogP contribution in [0.25, 0.3) is 0 Å². The van der Waals surface area contributed by atoms with E-state index in [1.165, 1.54) is 0 Å². The van der Waals surface area contributed by atoms with E-state index in [0.717, 1.165) is 0 Å². The Morgan fingerprint density at radius 1 is 0.519 bits per heavy atom. The monoisotopic (exact) mass is 449 g/mol. The Balaban J connectivity index is 3.39. The molecule has 0 spiro atoms. The minimum absolute atomic E-state index is 2.22. The van der Waals surface area contributed by atoms with Crippen molar-refractivity contribution in [1.82, 2.24) is 5.06 Å². The van der Waals surface area contributed by atoms with Crippen LogP contribution < -0.4 is 0 Å². The molecule has 0 saturated carbocycles. The SMILES string of the molecule is FC(F)(F)C(F)(F)C(F)(F)C(F)(F)N1OC1(F)C(F)(F)C(F)(F)C(F)(F)F. The molecule has 27 heavy (non-hydrogen) atoms. The first-order valence-electron chi connectivity index (χ1n) is 5.55. The lowest BCUT2D eigenvalue weighted by Gasteiger charge is -2.34. The molecule has 162 valence electrons. The predicted octanol–water partition coefficient (Wildman–Crippen LogP) is 5.12. The molecule has 2 atom stereocenters. The Labute approximate surface area is 134 Å². The van der Waals surface area contributed by atoms with Gasteiger partial charge in [0.1, 0.15) is 0 Å². The van der Waals surface area contributed by atoms with Gasteiger partial charge < -0.3 is 0 Å². The second kappa shape index (κ2) is 5.41. The molecule has 1 saturated heterocycles. The van der Waals surface area contributed by atoms with E-state index in [-0.39, 0.29) is 0 Å². The molecule has 0 aromatic rings. The molecule has 1 heterocycles. The molecule has 1 rings (SSSR count). The zero-order valence-corrected chi connectivity index (χ0v) is 11.3. The van der Waals surface area contributed by atoms with Crippen molar-refractivity contribution in [1.29, 1.82) is 0 Å². The fraction of sp³-hybridized carbons (Fsp3) is 1.00. The van der Waals surface area contributed by atoms with Gasteiger partial charge in [-0.3, -0.25) is 0 Å². The second-order valence-corrected chi connectivity index (χ2v) is 4.78. The van der Waals surface area contributed by atoms with Crippen LogP contribution in [-0.4, -0.2) is 53.1 Å². The number of nitrogens with zero attached hydrogens (tertiary/aromatic N) is 1. The van der Waals surface area contributed by atoms with Crippen LogP contribution in [0.3, 0.4) is 0 Å². The summed E-state index contributed by atoms with van der Waals surface area (Å²) < 4.78 is 212. The quantitative estimate of drug-likeness (QED) is 0.329. The first-order chi connectivity index (χ1) is 11.3. The lowest BCUT2D eigenvalue weighted by Crippen LogP contribution is -2.66. The summed E-state index contributed by atoms with van der Waals surface area (Å²) in [6.45, 7) is 0. The number of hydrogen-bond acceptors (Lipinski definition) is 2. The topological polar surface area (TPSA) is 15.5 Å². The average Bonchev–Trinajstić information content (AvgIpc) is 3.10. The van der Waals surface area contributed by atoms with E-state index >= 15 is 0 Å². The Bertz CT molecular complexity index is 589. The van der Waals surface area contributed by atoms with Crippen LogP contribution in [0, 0.1) is 0 Å². The van der Waals surface area contributed by atoms with Gasteiger partial charge in [0.2, 0.25) is 0 Å². The second-order valence-electron chi connectivity index (χ2n) is 4.78. The maximum absolute atomic E-state index is 13.3. The summed E-state index contributed by atoms with van der Waals surface area (Å²) in [7, 11) is 0. The van der Waals surface area contributed by atoms with Crippen LogP contribution in [0.5, 0.6) is 0 Å². The van der Waals surface area contributed by atoms with Gasteiger partial charge in [-0.05, 0) is 5.06 Å². The lowest BCUT2D eigenvalue weighted by molar-refractivity contribution is -0.423. The van der Waals surface area contributed by atoms with Gasteiger partial charge in [0.05, 0.1) is 0 Å². The van der Waals surface area contributed by atoms with E-state index < -0.39 is 53.1 Å². The molecule has 0 aromatic carbocycles. The highest BCUT2D eigenvalue weighted by molar-refractivity contribution is 5.09. The molecule has 0 radical (unpaired) electrons. The van der Waals surface area contributed by atoms with Crippen molar-refractivity contribution in [2.24, 2.45) is 0 Å². The number of hydrogen-bond donors (Lipinski definition) is 0. The average molecular weight is 449 g/mol. The Morgan fingerprint density at radius 3 is 1.15 bits per heavy atom. The highest BCUT2D eigenvalue weighted by Crippen LogP contribution is 2.65. The van der Waals surface area contributed by atoms with Gasteiger partial charge in [-0.1, -0.05) is 0 Å². The van der Waals surface area contributed by atoms with Gasteiger partial charge in [0, 0.05) is 0 Å². The summed E-state index contributed by atoms with van der Waals surface area (Å²) in [5, 5.41) is -3.14. The van der Waals surface area contributed by atoms with Crippen LogP contribution in [0.1, 0.15) is 0 Å². The standard InChI is InChI=1S/C8F17NO/c9-1(10,5(17,18)19)3(13,14)7(23,24)26-8(25,27-26)4(15,16)2(11,12)6(20,21)22. The molecular weight excluding hydrogens is 449 g/mol. The first kappa shape index (κ1) is 23.8. The molecule has 1 aliphatic rings. The normalized spacial score (nSPS) is 26.3. The van der Waals surface area contributed by atoms with E-state index in [1.807, 2.05) is 0 Å². The third-order valence-electron chi connectivity index (χ3n) is 2.96. The van der Waals surface area contributed by atoms with Gasteiger partial charge in [-0.15, -0.1) is 0 Å². The molecule has 2 nitrogen and oxygen atoms in total. The molecule has 0 N–H and O–H groups in total. The molecule has 1 aliphatic heterocycles. The van der Waals surface area contributed by atoms with Gasteiger partial charge in [0.15, 0.2) is 0 Å². The molecule has 0 aliphatic carbocycles. The fourth-order valence-electron chi connectivity index (χ4n) is 1.39. The molecule has 19 heteroatoms. The third kappa shape index (κ3) is 2.79. The van der Waals surface area contributed by atoms with Gasteiger partial charge in [0.25, 0.3) is 0 Å². The van der Waals surface area contributed by atoms with Gasteiger partial charge >= 0.3 is 48.1 Å². The van der Waals surface area contributed by atoms with Crippen molar-refractivity contribution in [2.75, 3.05) is 0 Å². The van der Waals surface area contributed by atoms with E-state index in [2.05, 4.69) is 4.84 Å². The highest BCUT2D eigenvalue weighted by atomic mass is 19.4. The molecular formula is C8F17NO. The summed E-state index contributed by atoms with van der Waals surface area (Å²) in [4.78, 5) is 2.22. The van der Waals surface area contributed by atoms with E-state index in [4.69, 9.17) is 0 Å². The van der Waals surface area contributed by atoms with Crippen molar-refractivity contribution >= 4 is 0 Å². The molecule has 2 unspecified atom stereocenters. The smallest absolute Gasteiger partial charge is 0.225 e. The minimum atomic E-state index is -7.85. The van der Waals surface area contributed by atoms with E-state index in [9.17, 15) is 74.6 Å². The van der Waals surface area contributed by atoms with Crippen LogP contribution in [0.15, 0.2) is 0 Å². The van der Waals surface area contributed by atoms with Crippen molar-refractivity contribution in [3.8, 4) is 0 Å². The van der Waals surface area contributed by atoms with E-state index in [1.54, 1.807) is 0 Å². The summed E-state index contributed by atoms with van der Waals surface area (Å²) in [6.07, 6.45) is -14.9. The van der Waals surface area contributed by atoms with E-state index in [0.29, 0.717) is 0 Å². The number of hydroxylamine groups is 2. The number of rotatable bonds is 5. The zero-order valence-electron chi connectivity index (χ0n) is 11.3. The molecule has 0 bridgehead atoms. The Morgan fingerprint density at radius 2 is 0.852 bits per heavy atom. The summed E-state index contributed by atoms with van der Waals surface area (Å²) in [5.74, 6) is -37.2. The summed E-state index contributed by atoms with van der Waals surface area (Å²) in [5.41, 5.74) is 0. The summed E-state index contributed by atoms with van der Waals surface area (Å²) in [6, 6.07) is -7.47. The molecule has 0 amide bonds. The molecule has 0 aromatic heterocycles. The lowest BCUT2D eigenvalue weighted by atomic mass is 10.1. The van der Waals surface area contributed by atoms with Crippen molar-refractivity contribution in [3.63, 3.8) is 0 Å². The summed E-state index contributed by atoms with van der Waals surface area (Å²) >= 11 is 0. The fourth-order valence-corrected chi connectivity index (χ4v) is 1.39. The number of alkyl halides is 17. The Hall–Kier alpha value is -1.27. The van der Waals surface area contributed by atoms with Crippen LogP contribution in [-0.2, 0) is 4.84 Å². The zero-order chi connectivity index (χ0) is 22.3. The minimum Gasteiger partial charge on any atom is -0.225 e. The number of halogens is 17. The van der Waals surface area contributed by atoms with Crippen LogP contribution in [0.2, 0.25) is 0 Å². The van der Waals surface area contributed by atoms with Crippen LogP contribution >= 0.6 is 0 Å². The van der Waals surface area contributed by atoms with Crippen molar-refractivity contribution < 1.29 is 79.5 Å². The molecule has 1 fully saturated rings. The maximum atomic E-state index is 13.3. The van der Waals surface area contributed by atoms with Gasteiger partial charge in [-0.2, -0.15) is 74.6 Å². The predicted molar refractivity (Wildman–Crippen MR) is 43.6 cm³/mol. The Kier molecular flexibility index (Phi) is 4.76.